The second-order valence-corrected chi connectivity index (χ2v) is 3.74. The van der Waals surface area contributed by atoms with Gasteiger partial charge in [0.15, 0.2) is 0 Å². The Hall–Kier alpha value is -0.460. The minimum absolute atomic E-state index is 0.968. The summed E-state index contributed by atoms with van der Waals surface area (Å²) in [6.07, 6.45) is 10.6. The van der Waals surface area contributed by atoms with Gasteiger partial charge in [-0.15, -0.1) is 0 Å². The minimum atomic E-state index is 0.968. The summed E-state index contributed by atoms with van der Waals surface area (Å²) in [6, 6.07) is 0. The molecule has 0 amide bonds. The highest BCUT2D eigenvalue weighted by molar-refractivity contribution is 5.00. The molecule has 12 heavy (non-hydrogen) atoms. The lowest BCUT2D eigenvalue weighted by atomic mass is 10.0. The summed E-state index contributed by atoms with van der Waals surface area (Å²) < 4.78 is 0. The largest absolute Gasteiger partial charge is 0.392 e. The molecule has 0 radical (unpaired) electrons. The minimum Gasteiger partial charge on any atom is -0.392 e. The van der Waals surface area contributed by atoms with E-state index in [1.54, 1.807) is 0 Å². The predicted octanol–water partition coefficient (Wildman–Crippen LogP) is 3.08. The van der Waals surface area contributed by atoms with Gasteiger partial charge in [0, 0.05) is 12.7 Å². The molecule has 1 fully saturated rings. The van der Waals surface area contributed by atoms with E-state index in [4.69, 9.17) is 0 Å². The molecule has 0 atom stereocenters. The third-order valence-corrected chi connectivity index (χ3v) is 2.75. The third-order valence-electron chi connectivity index (χ3n) is 2.75. The zero-order chi connectivity index (χ0) is 8.81. The van der Waals surface area contributed by atoms with E-state index < -0.39 is 0 Å². The normalized spacial score (nSPS) is 20.0. The first kappa shape index (κ1) is 9.63. The van der Waals surface area contributed by atoms with E-state index in [1.165, 1.54) is 37.8 Å². The first-order valence-corrected chi connectivity index (χ1v) is 5.23. The highest BCUT2D eigenvalue weighted by Crippen LogP contribution is 2.29. The van der Waals surface area contributed by atoms with Crippen LogP contribution < -0.4 is 5.32 Å². The van der Waals surface area contributed by atoms with Gasteiger partial charge in [-0.25, -0.2) is 0 Å². The number of nitrogens with one attached hydrogen (secondary N) is 1. The molecule has 0 heterocycles. The number of hydrogen-bond donors (Lipinski definition) is 1. The van der Waals surface area contributed by atoms with Crippen molar-refractivity contribution in [3.05, 3.63) is 11.8 Å². The third kappa shape index (κ3) is 2.88. The van der Waals surface area contributed by atoms with Gasteiger partial charge in [-0.2, -0.15) is 0 Å². The first-order chi connectivity index (χ1) is 5.86. The lowest BCUT2D eigenvalue weighted by Gasteiger charge is -2.11. The van der Waals surface area contributed by atoms with Crippen molar-refractivity contribution in [1.82, 2.24) is 5.32 Å². The molecule has 1 saturated carbocycles. The summed E-state index contributed by atoms with van der Waals surface area (Å²) in [5, 5.41) is 3.29. The van der Waals surface area contributed by atoms with Crippen molar-refractivity contribution in [3.63, 3.8) is 0 Å². The maximum atomic E-state index is 3.29. The molecule has 1 N–H and O–H groups in total. The summed E-state index contributed by atoms with van der Waals surface area (Å²) in [7, 11) is 2.04. The van der Waals surface area contributed by atoms with E-state index in [0.717, 1.165) is 12.3 Å². The molecule has 70 valence electrons. The molecule has 1 nitrogen and oxygen atoms in total. The quantitative estimate of drug-likeness (QED) is 0.678. The SMILES string of the molecule is CC/C=C(/CC1CCCC1)NC. The summed E-state index contributed by atoms with van der Waals surface area (Å²) in [6.45, 7) is 2.20. The van der Waals surface area contributed by atoms with Crippen LogP contribution in [0.3, 0.4) is 0 Å². The van der Waals surface area contributed by atoms with Gasteiger partial charge < -0.3 is 5.32 Å². The van der Waals surface area contributed by atoms with Gasteiger partial charge in [0.2, 0.25) is 0 Å². The maximum Gasteiger partial charge on any atom is 0.00661 e. The van der Waals surface area contributed by atoms with Crippen LogP contribution >= 0.6 is 0 Å². The number of rotatable bonds is 4. The Labute approximate surface area is 76.2 Å². The fourth-order valence-corrected chi connectivity index (χ4v) is 2.06. The van der Waals surface area contributed by atoms with Crippen LogP contribution in [0.2, 0.25) is 0 Å². The molecule has 1 heteroatoms. The molecule has 0 aromatic heterocycles. The summed E-state index contributed by atoms with van der Waals surface area (Å²) >= 11 is 0. The van der Waals surface area contributed by atoms with E-state index >= 15 is 0 Å². The molecule has 0 aliphatic heterocycles. The van der Waals surface area contributed by atoms with Gasteiger partial charge in [-0.05, 0) is 18.8 Å². The molecule has 1 aliphatic carbocycles. The van der Waals surface area contributed by atoms with E-state index in [2.05, 4.69) is 18.3 Å². The van der Waals surface area contributed by atoms with E-state index in [-0.39, 0.29) is 0 Å². The zero-order valence-corrected chi connectivity index (χ0v) is 8.40. The Morgan fingerprint density at radius 1 is 1.42 bits per heavy atom. The van der Waals surface area contributed by atoms with Crippen LogP contribution in [0.25, 0.3) is 0 Å². The van der Waals surface area contributed by atoms with Gasteiger partial charge in [0.1, 0.15) is 0 Å². The lowest BCUT2D eigenvalue weighted by Crippen LogP contribution is -2.09. The second-order valence-electron chi connectivity index (χ2n) is 3.74. The van der Waals surface area contributed by atoms with E-state index in [1.807, 2.05) is 7.05 Å². The van der Waals surface area contributed by atoms with E-state index in [9.17, 15) is 0 Å². The Balaban J connectivity index is 2.30. The number of hydrogen-bond acceptors (Lipinski definition) is 1. The highest BCUT2D eigenvalue weighted by Gasteiger charge is 2.15. The van der Waals surface area contributed by atoms with Crippen LogP contribution in [-0.2, 0) is 0 Å². The van der Waals surface area contributed by atoms with Gasteiger partial charge in [-0.3, -0.25) is 0 Å². The van der Waals surface area contributed by atoms with Gasteiger partial charge in [0.05, 0.1) is 0 Å². The van der Waals surface area contributed by atoms with Crippen molar-refractivity contribution >= 4 is 0 Å². The second kappa shape index (κ2) is 5.23. The van der Waals surface area contributed by atoms with Crippen LogP contribution in [0, 0.1) is 5.92 Å². The van der Waals surface area contributed by atoms with Crippen molar-refractivity contribution in [2.75, 3.05) is 7.05 Å². The van der Waals surface area contributed by atoms with Gasteiger partial charge in [-0.1, -0.05) is 38.7 Å². The van der Waals surface area contributed by atoms with Gasteiger partial charge in [0.25, 0.3) is 0 Å². The number of allylic oxidation sites excluding steroid dienone is 2. The molecule has 1 aliphatic rings. The zero-order valence-electron chi connectivity index (χ0n) is 8.40. The fourth-order valence-electron chi connectivity index (χ4n) is 2.06. The van der Waals surface area contributed by atoms with Crippen molar-refractivity contribution in [2.24, 2.45) is 5.92 Å². The van der Waals surface area contributed by atoms with Crippen molar-refractivity contribution in [3.8, 4) is 0 Å². The summed E-state index contributed by atoms with van der Waals surface area (Å²) in [5.41, 5.74) is 1.45. The highest BCUT2D eigenvalue weighted by atomic mass is 14.8. The standard InChI is InChI=1S/C11H21N/c1-3-6-11(12-2)9-10-7-4-5-8-10/h6,10,12H,3-5,7-9H2,1-2H3/b11-6-. The van der Waals surface area contributed by atoms with Crippen LogP contribution in [-0.4, -0.2) is 7.05 Å². The Bertz CT molecular complexity index is 143. The van der Waals surface area contributed by atoms with Gasteiger partial charge >= 0.3 is 0 Å². The average Bonchev–Trinajstić information content (AvgIpc) is 2.56. The van der Waals surface area contributed by atoms with Crippen molar-refractivity contribution in [1.29, 1.82) is 0 Å². The van der Waals surface area contributed by atoms with Crippen LogP contribution in [0.1, 0.15) is 45.4 Å². The monoisotopic (exact) mass is 167 g/mol. The van der Waals surface area contributed by atoms with E-state index in [0.29, 0.717) is 0 Å². The molecular formula is C11H21N. The molecule has 0 aromatic carbocycles. The lowest BCUT2D eigenvalue weighted by molar-refractivity contribution is 0.528. The Morgan fingerprint density at radius 2 is 2.08 bits per heavy atom. The van der Waals surface area contributed by atoms with Crippen molar-refractivity contribution < 1.29 is 0 Å². The topological polar surface area (TPSA) is 12.0 Å². The Morgan fingerprint density at radius 3 is 2.58 bits per heavy atom. The Kier molecular flexibility index (Phi) is 4.20. The maximum absolute atomic E-state index is 3.29. The predicted molar refractivity (Wildman–Crippen MR) is 54.0 cm³/mol. The summed E-state index contributed by atoms with van der Waals surface area (Å²) in [5.74, 6) is 0.968. The van der Waals surface area contributed by atoms with Crippen LogP contribution in [0.4, 0.5) is 0 Å². The molecule has 0 bridgehead atoms. The molecular weight excluding hydrogens is 146 g/mol. The summed E-state index contributed by atoms with van der Waals surface area (Å²) in [4.78, 5) is 0. The molecule has 0 saturated heterocycles. The van der Waals surface area contributed by atoms with Crippen molar-refractivity contribution in [2.45, 2.75) is 45.4 Å². The molecule has 0 aromatic rings. The molecule has 0 unspecified atom stereocenters. The fraction of sp³-hybridized carbons (Fsp3) is 0.818. The molecule has 0 spiro atoms. The van der Waals surface area contributed by atoms with Crippen LogP contribution in [0.5, 0.6) is 0 Å². The first-order valence-electron chi connectivity index (χ1n) is 5.23. The molecule has 1 rings (SSSR count). The average molecular weight is 167 g/mol. The van der Waals surface area contributed by atoms with Crippen LogP contribution in [0.15, 0.2) is 11.8 Å². The smallest absolute Gasteiger partial charge is 0.00661 e.